The minimum absolute atomic E-state index is 0. The molecular formula is C9H6BF3KN. The summed E-state index contributed by atoms with van der Waals surface area (Å²) in [6.45, 7) is -4.92. The quantitative estimate of drug-likeness (QED) is 0.496. The number of pyridine rings is 1. The Morgan fingerprint density at radius 2 is 2.00 bits per heavy atom. The molecule has 15 heavy (non-hydrogen) atoms. The van der Waals surface area contributed by atoms with Gasteiger partial charge in [0, 0.05) is 0 Å². The summed E-state index contributed by atoms with van der Waals surface area (Å²) in [6, 6.07) is 4.57. The van der Waals surface area contributed by atoms with Crippen LogP contribution in [0.1, 0.15) is 11.4 Å². The first-order valence-corrected chi connectivity index (χ1v) is 3.84. The van der Waals surface area contributed by atoms with Crippen molar-refractivity contribution in [2.75, 3.05) is 0 Å². The second-order valence-electron chi connectivity index (χ2n) is 2.58. The van der Waals surface area contributed by atoms with Crippen molar-refractivity contribution in [3.8, 4) is 12.3 Å². The molecule has 1 aromatic heterocycles. The fourth-order valence-electron chi connectivity index (χ4n) is 0.832. The van der Waals surface area contributed by atoms with E-state index in [1.165, 1.54) is 6.07 Å². The number of hydrogen-bond donors (Lipinski definition) is 0. The molecule has 0 saturated heterocycles. The van der Waals surface area contributed by atoms with Gasteiger partial charge in [0.15, 0.2) is 0 Å². The predicted octanol–water partition coefficient (Wildman–Crippen LogP) is -0.533. The molecule has 0 radical (unpaired) electrons. The van der Waals surface area contributed by atoms with Crippen LogP contribution in [-0.2, 0) is 0 Å². The van der Waals surface area contributed by atoms with Gasteiger partial charge < -0.3 is 12.9 Å². The Morgan fingerprint density at radius 3 is 2.53 bits per heavy atom. The van der Waals surface area contributed by atoms with E-state index >= 15 is 0 Å². The number of nitrogens with zero attached hydrogens (tertiary/aromatic N) is 1. The zero-order chi connectivity index (χ0) is 10.6. The second kappa shape index (κ2) is 6.51. The molecule has 0 unspecified atom stereocenters. The summed E-state index contributed by atoms with van der Waals surface area (Å²) in [7, 11) is 0. The normalized spacial score (nSPS) is 10.8. The Bertz CT molecular complexity index is 395. The molecule has 0 fully saturated rings. The van der Waals surface area contributed by atoms with Crippen LogP contribution < -0.4 is 51.4 Å². The van der Waals surface area contributed by atoms with Gasteiger partial charge in [-0.25, -0.2) is 4.98 Å². The third-order valence-electron chi connectivity index (χ3n) is 1.40. The van der Waals surface area contributed by atoms with Crippen LogP contribution in [-0.4, -0.2) is 12.0 Å². The maximum atomic E-state index is 11.8. The molecule has 0 aliphatic rings. The van der Waals surface area contributed by atoms with Gasteiger partial charge in [0.05, 0.1) is 5.69 Å². The van der Waals surface area contributed by atoms with Crippen molar-refractivity contribution < 1.29 is 64.3 Å². The number of aromatic nitrogens is 1. The van der Waals surface area contributed by atoms with Crippen LogP contribution in [0.25, 0.3) is 6.08 Å². The third-order valence-corrected chi connectivity index (χ3v) is 1.40. The van der Waals surface area contributed by atoms with Gasteiger partial charge >= 0.3 is 58.4 Å². The number of terminal acetylenes is 1. The van der Waals surface area contributed by atoms with Crippen molar-refractivity contribution in [3.05, 3.63) is 35.6 Å². The summed E-state index contributed by atoms with van der Waals surface area (Å²) in [4.78, 5) is 3.78. The molecule has 0 saturated carbocycles. The SMILES string of the molecule is C#Cc1cccc(/C=C/[B-](F)(F)F)n1.[K+]. The number of hydrogen-bond acceptors (Lipinski definition) is 1. The van der Waals surface area contributed by atoms with Crippen molar-refractivity contribution >= 4 is 13.1 Å². The smallest absolute Gasteiger partial charge is 0.445 e. The molecule has 0 atom stereocenters. The van der Waals surface area contributed by atoms with Crippen LogP contribution in [0.5, 0.6) is 0 Å². The van der Waals surface area contributed by atoms with E-state index in [2.05, 4.69) is 10.9 Å². The van der Waals surface area contributed by atoms with Gasteiger partial charge in [0.2, 0.25) is 0 Å². The van der Waals surface area contributed by atoms with Gasteiger partial charge in [-0.2, -0.15) is 0 Å². The average Bonchev–Trinajstić information content (AvgIpc) is 2.14. The van der Waals surface area contributed by atoms with E-state index in [4.69, 9.17) is 6.42 Å². The fraction of sp³-hybridized carbons (Fsp3) is 0. The Morgan fingerprint density at radius 1 is 1.33 bits per heavy atom. The van der Waals surface area contributed by atoms with Crippen LogP contribution >= 0.6 is 0 Å². The molecule has 6 heteroatoms. The molecule has 1 rings (SSSR count). The van der Waals surface area contributed by atoms with Gasteiger partial charge in [-0.3, -0.25) is 0 Å². The topological polar surface area (TPSA) is 12.9 Å². The molecule has 1 heterocycles. The first-order valence-electron chi connectivity index (χ1n) is 3.84. The molecule has 1 aromatic rings. The van der Waals surface area contributed by atoms with E-state index in [1.54, 1.807) is 12.1 Å². The van der Waals surface area contributed by atoms with Crippen molar-refractivity contribution in [3.63, 3.8) is 0 Å². The molecule has 0 N–H and O–H groups in total. The maximum Gasteiger partial charge on any atom is 1.00 e. The molecule has 0 aliphatic carbocycles. The van der Waals surface area contributed by atoms with Gasteiger partial charge in [0.1, 0.15) is 5.69 Å². The Balaban J connectivity index is 0.00000196. The summed E-state index contributed by atoms with van der Waals surface area (Å²) >= 11 is 0. The summed E-state index contributed by atoms with van der Waals surface area (Å²) in [5.74, 6) is 2.43. The monoisotopic (exact) mass is 235 g/mol. The van der Waals surface area contributed by atoms with Crippen molar-refractivity contribution in [2.45, 2.75) is 0 Å². The van der Waals surface area contributed by atoms with Crippen molar-refractivity contribution in [2.24, 2.45) is 0 Å². The van der Waals surface area contributed by atoms with Crippen LogP contribution in [0.4, 0.5) is 12.9 Å². The molecule has 0 bridgehead atoms. The van der Waals surface area contributed by atoms with Crippen molar-refractivity contribution in [1.29, 1.82) is 0 Å². The molecule has 0 aromatic carbocycles. The van der Waals surface area contributed by atoms with E-state index < -0.39 is 6.98 Å². The third kappa shape index (κ3) is 6.18. The van der Waals surface area contributed by atoms with Gasteiger partial charge in [-0.15, -0.1) is 12.4 Å². The standard InChI is InChI=1S/C9H6BF3N.K/c1-2-8-4-3-5-9(14-8)6-7-10(11,12)13;/h1,3-7H;/q-1;+1/b7-6+;. The van der Waals surface area contributed by atoms with Crippen LogP contribution in [0, 0.1) is 12.3 Å². The summed E-state index contributed by atoms with van der Waals surface area (Å²) in [6.07, 6.45) is 5.95. The Hall–Kier alpha value is -0.0587. The zero-order valence-corrected chi connectivity index (χ0v) is 11.2. The minimum Gasteiger partial charge on any atom is -0.445 e. The molecular weight excluding hydrogens is 229 g/mol. The summed E-state index contributed by atoms with van der Waals surface area (Å²) in [5, 5.41) is 0. The summed E-state index contributed by atoms with van der Waals surface area (Å²) < 4.78 is 35.5. The molecule has 0 amide bonds. The van der Waals surface area contributed by atoms with Crippen LogP contribution in [0.2, 0.25) is 0 Å². The van der Waals surface area contributed by atoms with E-state index in [-0.39, 0.29) is 63.1 Å². The van der Waals surface area contributed by atoms with E-state index in [0.29, 0.717) is 5.69 Å². The first kappa shape index (κ1) is 14.9. The molecule has 0 spiro atoms. The summed E-state index contributed by atoms with van der Waals surface area (Å²) in [5.41, 5.74) is 0.529. The number of rotatable bonds is 2. The van der Waals surface area contributed by atoms with E-state index in [9.17, 15) is 12.9 Å². The van der Waals surface area contributed by atoms with E-state index in [1.807, 2.05) is 0 Å². The average molecular weight is 235 g/mol. The minimum atomic E-state index is -4.92. The molecule has 1 nitrogen and oxygen atoms in total. The zero-order valence-electron chi connectivity index (χ0n) is 8.12. The largest absolute Gasteiger partial charge is 1.00 e. The Kier molecular flexibility index (Phi) is 6.48. The van der Waals surface area contributed by atoms with Crippen molar-refractivity contribution in [1.82, 2.24) is 4.98 Å². The predicted molar refractivity (Wildman–Crippen MR) is 50.3 cm³/mol. The van der Waals surface area contributed by atoms with Crippen LogP contribution in [0.15, 0.2) is 24.2 Å². The first-order chi connectivity index (χ1) is 6.51. The van der Waals surface area contributed by atoms with Crippen LogP contribution in [0.3, 0.4) is 0 Å². The Labute approximate surface area is 129 Å². The maximum absolute atomic E-state index is 11.8. The number of halogens is 3. The second-order valence-corrected chi connectivity index (χ2v) is 2.58. The fourth-order valence-corrected chi connectivity index (χ4v) is 0.832. The molecule has 0 aliphatic heterocycles. The van der Waals surface area contributed by atoms with Gasteiger partial charge in [0.25, 0.3) is 0 Å². The van der Waals surface area contributed by atoms with E-state index in [0.717, 1.165) is 6.08 Å². The van der Waals surface area contributed by atoms with Gasteiger partial charge in [-0.1, -0.05) is 18.1 Å². The molecule has 72 valence electrons. The van der Waals surface area contributed by atoms with Gasteiger partial charge in [-0.05, 0) is 12.1 Å².